The molecular formula is C18H25N5O2. The summed E-state index contributed by atoms with van der Waals surface area (Å²) in [4.78, 5) is 23.1. The topological polar surface area (TPSA) is 104 Å². The van der Waals surface area contributed by atoms with Gasteiger partial charge >= 0.3 is 0 Å². The molecule has 25 heavy (non-hydrogen) atoms. The standard InChI is InChI=1S/C18H25N5O2/c1-18(2,3)12-6-4-11(5-7-12)14-10-15(22-21-14)19-17(25)13-8-9-16(24)23-20-13/h8-12H,4-7H2,1-3H3,(H,23,24)(H2,19,21,22,25). The molecule has 0 bridgehead atoms. The van der Waals surface area contributed by atoms with Crippen molar-refractivity contribution >= 4 is 11.7 Å². The molecule has 2 heterocycles. The number of H-pyrrole nitrogens is 2. The highest BCUT2D eigenvalue weighted by Crippen LogP contribution is 2.42. The van der Waals surface area contributed by atoms with E-state index >= 15 is 0 Å². The number of nitrogens with zero attached hydrogens (tertiary/aromatic N) is 2. The largest absolute Gasteiger partial charge is 0.304 e. The van der Waals surface area contributed by atoms with Crippen LogP contribution in [0.4, 0.5) is 5.82 Å². The maximum Gasteiger partial charge on any atom is 0.277 e. The number of anilines is 1. The molecule has 0 saturated heterocycles. The Balaban J connectivity index is 1.60. The van der Waals surface area contributed by atoms with Crippen molar-refractivity contribution in [3.8, 4) is 0 Å². The number of nitrogens with one attached hydrogen (secondary N) is 3. The lowest BCUT2D eigenvalue weighted by molar-refractivity contribution is 0.102. The summed E-state index contributed by atoms with van der Waals surface area (Å²) in [6.07, 6.45) is 4.71. The van der Waals surface area contributed by atoms with E-state index in [-0.39, 0.29) is 11.3 Å². The summed E-state index contributed by atoms with van der Waals surface area (Å²) in [7, 11) is 0. The van der Waals surface area contributed by atoms with Crippen LogP contribution >= 0.6 is 0 Å². The lowest BCUT2D eigenvalue weighted by Gasteiger charge is -2.36. The first-order valence-electron chi connectivity index (χ1n) is 8.75. The van der Waals surface area contributed by atoms with Gasteiger partial charge in [-0.05, 0) is 43.1 Å². The Bertz CT molecular complexity index is 774. The minimum atomic E-state index is -0.397. The van der Waals surface area contributed by atoms with E-state index in [9.17, 15) is 9.59 Å². The molecule has 0 aliphatic heterocycles. The van der Waals surface area contributed by atoms with Gasteiger partial charge in [-0.15, -0.1) is 0 Å². The number of hydrogen-bond acceptors (Lipinski definition) is 4. The third kappa shape index (κ3) is 4.15. The Hall–Kier alpha value is -2.44. The monoisotopic (exact) mass is 343 g/mol. The lowest BCUT2D eigenvalue weighted by atomic mass is 9.69. The summed E-state index contributed by atoms with van der Waals surface area (Å²) in [5, 5.41) is 15.9. The third-order valence-corrected chi connectivity index (χ3v) is 5.14. The molecule has 0 spiro atoms. The number of carbonyl (C=O) groups excluding carboxylic acids is 1. The molecule has 1 amide bonds. The van der Waals surface area contributed by atoms with E-state index in [2.05, 4.69) is 46.5 Å². The van der Waals surface area contributed by atoms with Gasteiger partial charge in [0.2, 0.25) is 0 Å². The highest BCUT2D eigenvalue weighted by atomic mass is 16.2. The summed E-state index contributed by atoms with van der Waals surface area (Å²) in [5.41, 5.74) is 1.23. The molecule has 0 unspecified atom stereocenters. The number of aromatic nitrogens is 4. The molecule has 1 fully saturated rings. The Morgan fingerprint density at radius 1 is 1.12 bits per heavy atom. The first kappa shape index (κ1) is 17.4. The number of aromatic amines is 2. The van der Waals surface area contributed by atoms with Crippen LogP contribution in [0.2, 0.25) is 0 Å². The Morgan fingerprint density at radius 2 is 1.84 bits per heavy atom. The summed E-state index contributed by atoms with van der Waals surface area (Å²) in [6.45, 7) is 6.94. The zero-order chi connectivity index (χ0) is 18.0. The number of rotatable bonds is 3. The van der Waals surface area contributed by atoms with E-state index in [0.29, 0.717) is 17.2 Å². The van der Waals surface area contributed by atoms with Crippen LogP contribution in [0.15, 0.2) is 23.0 Å². The third-order valence-electron chi connectivity index (χ3n) is 5.14. The molecule has 0 radical (unpaired) electrons. The maximum atomic E-state index is 12.1. The molecule has 7 heteroatoms. The SMILES string of the molecule is CC(C)(C)C1CCC(c2cc(NC(=O)c3ccc(=O)[nH]n3)n[nH]2)CC1. The molecule has 2 aromatic rings. The van der Waals surface area contributed by atoms with Crippen molar-refractivity contribution in [2.45, 2.75) is 52.4 Å². The number of carbonyl (C=O) groups is 1. The van der Waals surface area contributed by atoms with Crippen molar-refractivity contribution in [3.05, 3.63) is 39.9 Å². The first-order chi connectivity index (χ1) is 11.8. The van der Waals surface area contributed by atoms with E-state index in [4.69, 9.17) is 0 Å². The second-order valence-electron chi connectivity index (χ2n) is 7.88. The zero-order valence-corrected chi connectivity index (χ0v) is 14.9. The Labute approximate surface area is 146 Å². The van der Waals surface area contributed by atoms with E-state index in [0.717, 1.165) is 24.5 Å². The second-order valence-corrected chi connectivity index (χ2v) is 7.88. The molecule has 2 aromatic heterocycles. The van der Waals surface area contributed by atoms with Gasteiger partial charge in [-0.25, -0.2) is 5.10 Å². The van der Waals surface area contributed by atoms with Crippen LogP contribution in [-0.2, 0) is 0 Å². The number of amides is 1. The molecule has 0 atom stereocenters. The minimum Gasteiger partial charge on any atom is -0.304 e. The summed E-state index contributed by atoms with van der Waals surface area (Å²) < 4.78 is 0. The molecule has 3 N–H and O–H groups in total. The van der Waals surface area contributed by atoms with Crippen LogP contribution in [0.5, 0.6) is 0 Å². The molecule has 7 nitrogen and oxygen atoms in total. The summed E-state index contributed by atoms with van der Waals surface area (Å²) in [5.74, 6) is 1.30. The van der Waals surface area contributed by atoms with Crippen molar-refractivity contribution in [3.63, 3.8) is 0 Å². The predicted molar refractivity (Wildman–Crippen MR) is 95.6 cm³/mol. The highest BCUT2D eigenvalue weighted by molar-refractivity contribution is 6.02. The van der Waals surface area contributed by atoms with Crippen LogP contribution in [0.1, 0.15) is 68.6 Å². The first-order valence-corrected chi connectivity index (χ1v) is 8.75. The van der Waals surface area contributed by atoms with Gasteiger partial charge in [-0.1, -0.05) is 20.8 Å². The molecule has 3 rings (SSSR count). The molecule has 1 aliphatic rings. The van der Waals surface area contributed by atoms with Gasteiger partial charge in [0.25, 0.3) is 11.5 Å². The van der Waals surface area contributed by atoms with Gasteiger partial charge in [0.15, 0.2) is 5.82 Å². The van der Waals surface area contributed by atoms with Crippen LogP contribution in [0, 0.1) is 11.3 Å². The fraction of sp³-hybridized carbons (Fsp3) is 0.556. The number of hydrogen-bond donors (Lipinski definition) is 3. The normalized spacial score (nSPS) is 21.1. The average Bonchev–Trinajstić information content (AvgIpc) is 3.03. The molecule has 134 valence electrons. The molecule has 1 saturated carbocycles. The van der Waals surface area contributed by atoms with E-state index in [1.165, 1.54) is 25.0 Å². The van der Waals surface area contributed by atoms with Crippen molar-refractivity contribution in [1.29, 1.82) is 0 Å². The van der Waals surface area contributed by atoms with Crippen LogP contribution < -0.4 is 10.9 Å². The van der Waals surface area contributed by atoms with Gasteiger partial charge < -0.3 is 5.32 Å². The van der Waals surface area contributed by atoms with Gasteiger partial charge in [0, 0.05) is 23.7 Å². The molecular weight excluding hydrogens is 318 g/mol. The van der Waals surface area contributed by atoms with Gasteiger partial charge in [-0.2, -0.15) is 10.2 Å². The van der Waals surface area contributed by atoms with Crippen molar-refractivity contribution in [2.24, 2.45) is 11.3 Å². The lowest BCUT2D eigenvalue weighted by Crippen LogP contribution is -2.25. The predicted octanol–water partition coefficient (Wildman–Crippen LogP) is 3.07. The van der Waals surface area contributed by atoms with Gasteiger partial charge in [-0.3, -0.25) is 14.7 Å². The quantitative estimate of drug-likeness (QED) is 0.796. The Morgan fingerprint density at radius 3 is 2.44 bits per heavy atom. The fourth-order valence-electron chi connectivity index (χ4n) is 3.53. The van der Waals surface area contributed by atoms with Crippen molar-refractivity contribution < 1.29 is 4.79 Å². The van der Waals surface area contributed by atoms with Gasteiger partial charge in [0.05, 0.1) is 0 Å². The highest BCUT2D eigenvalue weighted by Gasteiger charge is 2.30. The maximum absolute atomic E-state index is 12.1. The van der Waals surface area contributed by atoms with Crippen molar-refractivity contribution in [1.82, 2.24) is 20.4 Å². The Kier molecular flexibility index (Phi) is 4.74. The summed E-state index contributed by atoms with van der Waals surface area (Å²) in [6, 6.07) is 4.55. The van der Waals surface area contributed by atoms with Crippen LogP contribution in [0.3, 0.4) is 0 Å². The van der Waals surface area contributed by atoms with Gasteiger partial charge in [0.1, 0.15) is 5.69 Å². The average molecular weight is 343 g/mol. The van der Waals surface area contributed by atoms with Crippen LogP contribution in [-0.4, -0.2) is 26.3 Å². The van der Waals surface area contributed by atoms with E-state index < -0.39 is 5.91 Å². The van der Waals surface area contributed by atoms with E-state index in [1.54, 1.807) is 0 Å². The zero-order valence-electron chi connectivity index (χ0n) is 14.9. The van der Waals surface area contributed by atoms with Crippen LogP contribution in [0.25, 0.3) is 0 Å². The smallest absolute Gasteiger partial charge is 0.277 e. The second kappa shape index (κ2) is 6.82. The van der Waals surface area contributed by atoms with Crippen molar-refractivity contribution in [2.75, 3.05) is 5.32 Å². The van der Waals surface area contributed by atoms with E-state index in [1.807, 2.05) is 6.07 Å². The molecule has 1 aliphatic carbocycles. The molecule has 0 aromatic carbocycles. The minimum absolute atomic E-state index is 0.148. The fourth-order valence-corrected chi connectivity index (χ4v) is 3.53. The summed E-state index contributed by atoms with van der Waals surface area (Å²) >= 11 is 0.